The molecule has 4 nitrogen and oxygen atoms in total. The number of rotatable bonds is 8. The smallest absolute Gasteiger partial charge is 0.326 e. The largest absolute Gasteiger partial charge is 0.465 e. The Balaban J connectivity index is 2.27. The van der Waals surface area contributed by atoms with Crippen LogP contribution in [0.2, 0.25) is 0 Å². The van der Waals surface area contributed by atoms with Crippen molar-refractivity contribution in [2.75, 3.05) is 6.61 Å². The third-order valence-electron chi connectivity index (χ3n) is 3.84. The molecule has 2 aromatic rings. The summed E-state index contributed by atoms with van der Waals surface area (Å²) >= 11 is 0. The van der Waals surface area contributed by atoms with Crippen molar-refractivity contribution in [3.05, 3.63) is 71.8 Å². The molecule has 2 atom stereocenters. The van der Waals surface area contributed by atoms with E-state index < -0.39 is 12.1 Å². The first-order valence-electron chi connectivity index (χ1n) is 8.28. The molecule has 0 aliphatic heterocycles. The Kier molecular flexibility index (Phi) is 6.97. The second-order valence-electron chi connectivity index (χ2n) is 5.81. The highest BCUT2D eigenvalue weighted by molar-refractivity contribution is 5.76. The fraction of sp³-hybridized carbons (Fsp3) is 0.350. The number of esters is 1. The van der Waals surface area contributed by atoms with Gasteiger partial charge in [-0.15, -0.1) is 0 Å². The Labute approximate surface area is 143 Å². The minimum atomic E-state index is -0.823. The fourth-order valence-corrected chi connectivity index (χ4v) is 2.77. The van der Waals surface area contributed by atoms with Gasteiger partial charge in [0.1, 0.15) is 6.04 Å². The van der Waals surface area contributed by atoms with Gasteiger partial charge >= 0.3 is 5.97 Å². The van der Waals surface area contributed by atoms with Gasteiger partial charge in [0.05, 0.1) is 12.7 Å². The zero-order valence-corrected chi connectivity index (χ0v) is 14.3. The molecule has 2 aromatic carbocycles. The molecular weight excluding hydrogens is 302 g/mol. The summed E-state index contributed by atoms with van der Waals surface area (Å²) < 4.78 is 5.18. The van der Waals surface area contributed by atoms with Crippen LogP contribution in [0.3, 0.4) is 0 Å². The lowest BCUT2D eigenvalue weighted by Gasteiger charge is -2.32. The second kappa shape index (κ2) is 9.21. The van der Waals surface area contributed by atoms with Crippen LogP contribution in [0.1, 0.15) is 25.0 Å². The van der Waals surface area contributed by atoms with Crippen molar-refractivity contribution in [2.24, 2.45) is 0 Å². The lowest BCUT2D eigenvalue weighted by Crippen LogP contribution is -2.48. The average molecular weight is 327 g/mol. The van der Waals surface area contributed by atoms with Crippen molar-refractivity contribution in [1.29, 1.82) is 0 Å². The normalized spacial score (nSPS) is 13.5. The van der Waals surface area contributed by atoms with Gasteiger partial charge in [-0.25, -0.2) is 0 Å². The predicted molar refractivity (Wildman–Crippen MR) is 94.2 cm³/mol. The van der Waals surface area contributed by atoms with Gasteiger partial charge < -0.3 is 9.84 Å². The lowest BCUT2D eigenvalue weighted by molar-refractivity contribution is -0.154. The molecule has 0 aromatic heterocycles. The van der Waals surface area contributed by atoms with Gasteiger partial charge in [0.2, 0.25) is 0 Å². The van der Waals surface area contributed by atoms with E-state index in [1.54, 1.807) is 13.8 Å². The monoisotopic (exact) mass is 327 g/mol. The Hall–Kier alpha value is -2.17. The third kappa shape index (κ3) is 5.18. The molecule has 0 bridgehead atoms. The number of hydrogen-bond donors (Lipinski definition) is 1. The van der Waals surface area contributed by atoms with Crippen LogP contribution in [0, 0.1) is 0 Å². The van der Waals surface area contributed by atoms with E-state index in [0.29, 0.717) is 19.7 Å². The molecule has 0 spiro atoms. The number of carbonyl (C=O) groups excluding carboxylic acids is 1. The molecule has 0 saturated carbocycles. The van der Waals surface area contributed by atoms with Gasteiger partial charge in [-0.1, -0.05) is 60.7 Å². The van der Waals surface area contributed by atoms with Crippen LogP contribution in [0.25, 0.3) is 0 Å². The van der Waals surface area contributed by atoms with E-state index in [2.05, 4.69) is 0 Å². The zero-order chi connectivity index (χ0) is 17.4. The van der Waals surface area contributed by atoms with Crippen molar-refractivity contribution in [3.63, 3.8) is 0 Å². The topological polar surface area (TPSA) is 49.8 Å². The first-order valence-corrected chi connectivity index (χ1v) is 8.28. The summed E-state index contributed by atoms with van der Waals surface area (Å²) in [5.41, 5.74) is 2.17. The van der Waals surface area contributed by atoms with Crippen molar-refractivity contribution < 1.29 is 14.6 Å². The quantitative estimate of drug-likeness (QED) is 0.757. The Bertz CT molecular complexity index is 572. The molecule has 24 heavy (non-hydrogen) atoms. The maximum absolute atomic E-state index is 12.4. The van der Waals surface area contributed by atoms with Crippen molar-refractivity contribution >= 4 is 5.97 Å². The number of aliphatic hydroxyl groups is 1. The molecule has 128 valence electrons. The molecule has 4 heteroatoms. The standard InChI is InChI=1S/C20H25NO3/c1-3-24-20(23)19(16(2)22)21(14-17-10-6-4-7-11-17)15-18-12-8-5-9-13-18/h4-13,16,19,22H,3,14-15H2,1-2H3/t16-,19?/m0/s1. The minimum absolute atomic E-state index is 0.298. The molecule has 0 amide bonds. The highest BCUT2D eigenvalue weighted by Gasteiger charge is 2.31. The number of nitrogens with zero attached hydrogens (tertiary/aromatic N) is 1. The number of carbonyl (C=O) groups is 1. The van der Waals surface area contributed by atoms with Gasteiger partial charge in [0.15, 0.2) is 0 Å². The summed E-state index contributed by atoms with van der Waals surface area (Å²) in [4.78, 5) is 14.3. The molecular formula is C20H25NO3. The summed E-state index contributed by atoms with van der Waals surface area (Å²) in [5.74, 6) is -0.389. The van der Waals surface area contributed by atoms with Crippen LogP contribution in [-0.2, 0) is 22.6 Å². The maximum Gasteiger partial charge on any atom is 0.326 e. The zero-order valence-electron chi connectivity index (χ0n) is 14.3. The van der Waals surface area contributed by atoms with E-state index >= 15 is 0 Å². The number of ether oxygens (including phenoxy) is 1. The Morgan fingerprint density at radius 1 is 1.00 bits per heavy atom. The van der Waals surface area contributed by atoms with Crippen molar-refractivity contribution in [1.82, 2.24) is 4.90 Å². The molecule has 0 fully saturated rings. The highest BCUT2D eigenvalue weighted by atomic mass is 16.5. The van der Waals surface area contributed by atoms with E-state index in [1.165, 1.54) is 0 Å². The molecule has 1 unspecified atom stereocenters. The van der Waals surface area contributed by atoms with E-state index in [1.807, 2.05) is 65.6 Å². The third-order valence-corrected chi connectivity index (χ3v) is 3.84. The number of hydrogen-bond acceptors (Lipinski definition) is 4. The van der Waals surface area contributed by atoms with Crippen LogP contribution in [0.4, 0.5) is 0 Å². The minimum Gasteiger partial charge on any atom is -0.465 e. The van der Waals surface area contributed by atoms with Crippen LogP contribution in [0.15, 0.2) is 60.7 Å². The van der Waals surface area contributed by atoms with Crippen LogP contribution in [0.5, 0.6) is 0 Å². The average Bonchev–Trinajstić information content (AvgIpc) is 2.56. The number of aliphatic hydroxyl groups excluding tert-OH is 1. The number of benzene rings is 2. The molecule has 0 saturated heterocycles. The van der Waals surface area contributed by atoms with Gasteiger partial charge in [0, 0.05) is 13.1 Å². The molecule has 0 heterocycles. The van der Waals surface area contributed by atoms with Gasteiger partial charge in [-0.05, 0) is 25.0 Å². The molecule has 2 rings (SSSR count). The summed E-state index contributed by atoms with van der Waals surface area (Å²) in [5, 5.41) is 10.2. The molecule has 0 radical (unpaired) electrons. The SMILES string of the molecule is CCOC(=O)C([C@H](C)O)N(Cc1ccccc1)Cc1ccccc1. The van der Waals surface area contributed by atoms with Crippen LogP contribution < -0.4 is 0 Å². The Morgan fingerprint density at radius 3 is 1.83 bits per heavy atom. The fourth-order valence-electron chi connectivity index (χ4n) is 2.77. The van der Waals surface area contributed by atoms with Crippen LogP contribution in [-0.4, -0.2) is 34.7 Å². The summed E-state index contributed by atoms with van der Waals surface area (Å²) in [6.45, 7) is 4.82. The van der Waals surface area contributed by atoms with Crippen LogP contribution >= 0.6 is 0 Å². The molecule has 0 aliphatic carbocycles. The lowest BCUT2D eigenvalue weighted by atomic mass is 10.1. The summed E-state index contributed by atoms with van der Waals surface area (Å²) in [7, 11) is 0. The maximum atomic E-state index is 12.4. The first kappa shape index (κ1) is 18.2. The Morgan fingerprint density at radius 2 is 1.46 bits per heavy atom. The first-order chi connectivity index (χ1) is 11.6. The van der Waals surface area contributed by atoms with Gasteiger partial charge in [-0.2, -0.15) is 0 Å². The van der Waals surface area contributed by atoms with Gasteiger partial charge in [0.25, 0.3) is 0 Å². The van der Waals surface area contributed by atoms with Crippen molar-refractivity contribution in [3.8, 4) is 0 Å². The van der Waals surface area contributed by atoms with E-state index in [-0.39, 0.29) is 5.97 Å². The van der Waals surface area contributed by atoms with Gasteiger partial charge in [-0.3, -0.25) is 9.69 Å². The predicted octanol–water partition coefficient (Wildman–Crippen LogP) is 3.00. The summed E-state index contributed by atoms with van der Waals surface area (Å²) in [6, 6.07) is 19.2. The van der Waals surface area contributed by atoms with E-state index in [4.69, 9.17) is 4.74 Å². The molecule has 0 aliphatic rings. The second-order valence-corrected chi connectivity index (χ2v) is 5.81. The van der Waals surface area contributed by atoms with Crippen molar-refractivity contribution in [2.45, 2.75) is 39.1 Å². The highest BCUT2D eigenvalue weighted by Crippen LogP contribution is 2.17. The van der Waals surface area contributed by atoms with E-state index in [9.17, 15) is 9.90 Å². The summed E-state index contributed by atoms with van der Waals surface area (Å²) in [6.07, 6.45) is -0.823. The van der Waals surface area contributed by atoms with E-state index in [0.717, 1.165) is 11.1 Å². The molecule has 1 N–H and O–H groups in total.